The van der Waals surface area contributed by atoms with Crippen LogP contribution in [0.3, 0.4) is 0 Å². The molecule has 0 saturated carbocycles. The van der Waals surface area contributed by atoms with E-state index in [-0.39, 0.29) is 6.10 Å². The second-order valence-electron chi connectivity index (χ2n) is 5.11. The molecule has 1 aromatic heterocycles. The van der Waals surface area contributed by atoms with E-state index >= 15 is 0 Å². The van der Waals surface area contributed by atoms with E-state index < -0.39 is 0 Å². The summed E-state index contributed by atoms with van der Waals surface area (Å²) in [6, 6.07) is 5.81. The van der Waals surface area contributed by atoms with Crippen LogP contribution in [0.15, 0.2) is 30.7 Å². The molecular formula is C16H18ClN3O3. The SMILES string of the molecule is COc1ccc(C2CN(c3ncncc3Cl)CCO2)cc1OC. The molecule has 3 rings (SSSR count). The van der Waals surface area contributed by atoms with E-state index in [1.54, 1.807) is 20.4 Å². The van der Waals surface area contributed by atoms with Gasteiger partial charge in [0.05, 0.1) is 27.0 Å². The topological polar surface area (TPSA) is 56.7 Å². The Bertz CT molecular complexity index is 683. The van der Waals surface area contributed by atoms with Gasteiger partial charge in [-0.2, -0.15) is 0 Å². The number of rotatable bonds is 4. The predicted octanol–water partition coefficient (Wildman–Crippen LogP) is 2.73. The quantitative estimate of drug-likeness (QED) is 0.856. The number of morpholine rings is 1. The van der Waals surface area contributed by atoms with Gasteiger partial charge in [0.1, 0.15) is 17.5 Å². The summed E-state index contributed by atoms with van der Waals surface area (Å²) in [6.45, 7) is 1.99. The molecule has 1 aliphatic rings. The first-order valence-electron chi connectivity index (χ1n) is 7.27. The van der Waals surface area contributed by atoms with Gasteiger partial charge in [-0.25, -0.2) is 9.97 Å². The molecule has 1 aliphatic heterocycles. The first-order chi connectivity index (χ1) is 11.2. The Morgan fingerprint density at radius 2 is 2.09 bits per heavy atom. The Hall–Kier alpha value is -2.05. The van der Waals surface area contributed by atoms with Gasteiger partial charge in [-0.05, 0) is 17.7 Å². The maximum atomic E-state index is 6.19. The molecule has 1 aromatic carbocycles. The molecule has 1 saturated heterocycles. The Balaban J connectivity index is 1.83. The molecule has 7 heteroatoms. The summed E-state index contributed by atoms with van der Waals surface area (Å²) >= 11 is 6.19. The molecule has 122 valence electrons. The van der Waals surface area contributed by atoms with E-state index in [4.69, 9.17) is 25.8 Å². The summed E-state index contributed by atoms with van der Waals surface area (Å²) in [5, 5.41) is 0.542. The van der Waals surface area contributed by atoms with Crippen LogP contribution < -0.4 is 14.4 Å². The number of halogens is 1. The van der Waals surface area contributed by atoms with E-state index in [1.807, 2.05) is 18.2 Å². The minimum absolute atomic E-state index is 0.0883. The Labute approximate surface area is 140 Å². The fourth-order valence-electron chi connectivity index (χ4n) is 2.64. The van der Waals surface area contributed by atoms with Crippen molar-refractivity contribution < 1.29 is 14.2 Å². The molecule has 0 amide bonds. The zero-order valence-electron chi connectivity index (χ0n) is 13.0. The predicted molar refractivity (Wildman–Crippen MR) is 87.5 cm³/mol. The Morgan fingerprint density at radius 1 is 1.26 bits per heavy atom. The monoisotopic (exact) mass is 335 g/mol. The third-order valence-corrected chi connectivity index (χ3v) is 4.06. The van der Waals surface area contributed by atoms with Crippen LogP contribution in [0, 0.1) is 0 Å². The van der Waals surface area contributed by atoms with Gasteiger partial charge >= 0.3 is 0 Å². The van der Waals surface area contributed by atoms with Gasteiger partial charge in [-0.3, -0.25) is 0 Å². The lowest BCUT2D eigenvalue weighted by Crippen LogP contribution is -2.39. The van der Waals surface area contributed by atoms with Crippen LogP contribution in [0.5, 0.6) is 11.5 Å². The molecule has 1 fully saturated rings. The smallest absolute Gasteiger partial charge is 0.161 e. The van der Waals surface area contributed by atoms with Crippen molar-refractivity contribution in [2.24, 2.45) is 0 Å². The summed E-state index contributed by atoms with van der Waals surface area (Å²) in [5.74, 6) is 2.11. The molecule has 0 bridgehead atoms. The molecule has 2 aromatic rings. The van der Waals surface area contributed by atoms with Crippen molar-refractivity contribution in [1.29, 1.82) is 0 Å². The van der Waals surface area contributed by atoms with Gasteiger partial charge in [0.2, 0.25) is 0 Å². The molecular weight excluding hydrogens is 318 g/mol. The molecule has 0 radical (unpaired) electrons. The molecule has 1 atom stereocenters. The van der Waals surface area contributed by atoms with Crippen molar-refractivity contribution in [2.75, 3.05) is 38.8 Å². The van der Waals surface area contributed by atoms with E-state index in [1.165, 1.54) is 6.33 Å². The van der Waals surface area contributed by atoms with Crippen LogP contribution >= 0.6 is 11.6 Å². The standard InChI is InChI=1S/C16H18ClN3O3/c1-21-13-4-3-11(7-14(13)22-2)15-9-20(5-6-23-15)16-12(17)8-18-10-19-16/h3-4,7-8,10,15H,5-6,9H2,1-2H3. The van der Waals surface area contributed by atoms with E-state index in [9.17, 15) is 0 Å². The average molecular weight is 336 g/mol. The highest BCUT2D eigenvalue weighted by molar-refractivity contribution is 6.32. The van der Waals surface area contributed by atoms with Crippen molar-refractivity contribution in [1.82, 2.24) is 9.97 Å². The number of hydrogen-bond acceptors (Lipinski definition) is 6. The Kier molecular flexibility index (Phi) is 4.83. The van der Waals surface area contributed by atoms with Crippen LogP contribution in [-0.4, -0.2) is 43.9 Å². The van der Waals surface area contributed by atoms with Crippen molar-refractivity contribution in [2.45, 2.75) is 6.10 Å². The zero-order chi connectivity index (χ0) is 16.2. The minimum Gasteiger partial charge on any atom is -0.493 e. The van der Waals surface area contributed by atoms with Gasteiger partial charge in [0, 0.05) is 13.1 Å². The maximum Gasteiger partial charge on any atom is 0.161 e. The molecule has 6 nitrogen and oxygen atoms in total. The zero-order valence-corrected chi connectivity index (χ0v) is 13.8. The fourth-order valence-corrected chi connectivity index (χ4v) is 2.86. The van der Waals surface area contributed by atoms with Gasteiger partial charge < -0.3 is 19.1 Å². The minimum atomic E-state index is -0.0883. The van der Waals surface area contributed by atoms with Crippen molar-refractivity contribution in [3.63, 3.8) is 0 Å². The van der Waals surface area contributed by atoms with E-state index in [0.29, 0.717) is 29.7 Å². The second kappa shape index (κ2) is 7.02. The molecule has 0 aliphatic carbocycles. The van der Waals surface area contributed by atoms with E-state index in [2.05, 4.69) is 14.9 Å². The Morgan fingerprint density at radius 3 is 2.83 bits per heavy atom. The molecule has 0 spiro atoms. The van der Waals surface area contributed by atoms with Gasteiger partial charge in [-0.1, -0.05) is 17.7 Å². The van der Waals surface area contributed by atoms with Gasteiger partial charge in [0.25, 0.3) is 0 Å². The van der Waals surface area contributed by atoms with Crippen LogP contribution in [0.1, 0.15) is 11.7 Å². The first-order valence-corrected chi connectivity index (χ1v) is 7.64. The summed E-state index contributed by atoms with van der Waals surface area (Å²) in [6.07, 6.45) is 3.02. The number of aromatic nitrogens is 2. The third kappa shape index (κ3) is 3.33. The molecule has 23 heavy (non-hydrogen) atoms. The lowest BCUT2D eigenvalue weighted by atomic mass is 10.1. The fraction of sp³-hybridized carbons (Fsp3) is 0.375. The van der Waals surface area contributed by atoms with Crippen molar-refractivity contribution in [3.8, 4) is 11.5 Å². The lowest BCUT2D eigenvalue weighted by molar-refractivity contribution is 0.0393. The number of hydrogen-bond donors (Lipinski definition) is 0. The third-order valence-electron chi connectivity index (χ3n) is 3.79. The van der Waals surface area contributed by atoms with Crippen molar-refractivity contribution >= 4 is 17.4 Å². The van der Waals surface area contributed by atoms with Crippen molar-refractivity contribution in [3.05, 3.63) is 41.3 Å². The molecule has 0 N–H and O–H groups in total. The first kappa shape index (κ1) is 15.8. The summed E-state index contributed by atoms with van der Waals surface area (Å²) < 4.78 is 16.5. The normalized spacial score (nSPS) is 17.9. The highest BCUT2D eigenvalue weighted by Crippen LogP contribution is 2.33. The van der Waals surface area contributed by atoms with Gasteiger partial charge in [-0.15, -0.1) is 0 Å². The molecule has 1 unspecified atom stereocenters. The van der Waals surface area contributed by atoms with Crippen LogP contribution in [-0.2, 0) is 4.74 Å². The number of benzene rings is 1. The van der Waals surface area contributed by atoms with E-state index in [0.717, 1.165) is 17.9 Å². The average Bonchev–Trinajstić information content (AvgIpc) is 2.61. The number of ether oxygens (including phenoxy) is 3. The highest BCUT2D eigenvalue weighted by atomic mass is 35.5. The van der Waals surface area contributed by atoms with Gasteiger partial charge in [0.15, 0.2) is 17.3 Å². The van der Waals surface area contributed by atoms with Crippen LogP contribution in [0.2, 0.25) is 5.02 Å². The lowest BCUT2D eigenvalue weighted by Gasteiger charge is -2.34. The summed E-state index contributed by atoms with van der Waals surface area (Å²) in [5.41, 5.74) is 1.03. The largest absolute Gasteiger partial charge is 0.493 e. The summed E-state index contributed by atoms with van der Waals surface area (Å²) in [4.78, 5) is 10.3. The van der Waals surface area contributed by atoms with Crippen LogP contribution in [0.4, 0.5) is 5.82 Å². The summed E-state index contributed by atoms with van der Waals surface area (Å²) in [7, 11) is 3.24. The number of methoxy groups -OCH3 is 2. The van der Waals surface area contributed by atoms with Crippen LogP contribution in [0.25, 0.3) is 0 Å². The number of anilines is 1. The molecule has 2 heterocycles. The second-order valence-corrected chi connectivity index (χ2v) is 5.52. The number of nitrogens with zero attached hydrogens (tertiary/aromatic N) is 3. The maximum absolute atomic E-state index is 6.19. The highest BCUT2D eigenvalue weighted by Gasteiger charge is 2.25.